The van der Waals surface area contributed by atoms with Gasteiger partial charge in [-0.25, -0.2) is 13.6 Å². The minimum absolute atomic E-state index is 0.00763. The highest BCUT2D eigenvalue weighted by Gasteiger charge is 2.25. The number of rotatable bonds is 5. The molecule has 0 aliphatic heterocycles. The van der Waals surface area contributed by atoms with E-state index >= 15 is 0 Å². The van der Waals surface area contributed by atoms with Crippen LogP contribution in [0.3, 0.4) is 0 Å². The lowest BCUT2D eigenvalue weighted by Gasteiger charge is -2.19. The molecule has 0 saturated carbocycles. The molecule has 0 spiro atoms. The largest absolute Gasteiger partial charge is 0.491 e. The third kappa shape index (κ3) is 3.35. The van der Waals surface area contributed by atoms with Crippen LogP contribution in [0.4, 0.5) is 18.9 Å². The summed E-state index contributed by atoms with van der Waals surface area (Å²) in [6, 6.07) is 2.70. The molecule has 3 aromatic rings. The van der Waals surface area contributed by atoms with Crippen molar-refractivity contribution in [3.8, 4) is 11.4 Å². The second-order valence-corrected chi connectivity index (χ2v) is 6.22. The third-order valence-electron chi connectivity index (χ3n) is 4.47. The Balaban J connectivity index is 2.57. The number of hydrogen-bond donors (Lipinski definition) is 2. The summed E-state index contributed by atoms with van der Waals surface area (Å²) in [5.74, 6) is -5.18. The maximum atomic E-state index is 14.4. The number of anilines is 1. The molecule has 0 saturated heterocycles. The predicted octanol–water partition coefficient (Wildman–Crippen LogP) is 2.67. The van der Waals surface area contributed by atoms with Crippen molar-refractivity contribution in [2.24, 2.45) is 0 Å². The van der Waals surface area contributed by atoms with Crippen LogP contribution in [-0.4, -0.2) is 29.4 Å². The van der Waals surface area contributed by atoms with E-state index < -0.39 is 46.8 Å². The number of ether oxygens (including phenoxy) is 2. The van der Waals surface area contributed by atoms with Crippen LogP contribution in [0, 0.1) is 17.5 Å². The Morgan fingerprint density at radius 1 is 1.20 bits per heavy atom. The Labute approximate surface area is 168 Å². The molecule has 0 unspecified atom stereocenters. The molecule has 10 heteroatoms. The molecule has 0 bridgehead atoms. The molecular weight excluding hydrogens is 405 g/mol. The molecule has 7 nitrogen and oxygen atoms in total. The SMILES string of the molecule is CCOC(=O)c1cn(-c2cc(N)c(F)cc2CO)c2c(OC)c(F)c(F)cc2c1=O. The van der Waals surface area contributed by atoms with Crippen molar-refractivity contribution in [3.05, 3.63) is 63.2 Å². The number of fused-ring (bicyclic) bond motifs is 1. The van der Waals surface area contributed by atoms with E-state index in [9.17, 15) is 27.9 Å². The van der Waals surface area contributed by atoms with Gasteiger partial charge < -0.3 is 24.9 Å². The number of esters is 1. The zero-order valence-electron chi connectivity index (χ0n) is 16.0. The van der Waals surface area contributed by atoms with E-state index in [4.69, 9.17) is 15.2 Å². The van der Waals surface area contributed by atoms with Crippen LogP contribution in [0.25, 0.3) is 16.6 Å². The van der Waals surface area contributed by atoms with Gasteiger partial charge in [-0.15, -0.1) is 0 Å². The fourth-order valence-electron chi connectivity index (χ4n) is 3.10. The molecule has 1 heterocycles. The average Bonchev–Trinajstić information content (AvgIpc) is 2.72. The highest BCUT2D eigenvalue weighted by Crippen LogP contribution is 2.33. The Bertz CT molecular complexity index is 1220. The summed E-state index contributed by atoms with van der Waals surface area (Å²) in [6.45, 7) is 0.837. The number of hydrogen-bond acceptors (Lipinski definition) is 6. The predicted molar refractivity (Wildman–Crippen MR) is 102 cm³/mol. The van der Waals surface area contributed by atoms with Crippen LogP contribution in [-0.2, 0) is 11.3 Å². The number of aromatic nitrogens is 1. The summed E-state index contributed by atoms with van der Waals surface area (Å²) < 4.78 is 53.4. The molecule has 0 amide bonds. The standard InChI is InChI=1S/C20H17F3N2O5/c1-3-30-20(28)11-7-25(15-6-14(24)12(21)4-9(15)8-26)17-10(18(11)27)5-13(22)16(23)19(17)29-2/h4-7,26H,3,8,24H2,1-2H3. The number of halogens is 3. The molecule has 2 aromatic carbocycles. The Kier molecular flexibility index (Phi) is 5.70. The van der Waals surface area contributed by atoms with E-state index in [-0.39, 0.29) is 34.4 Å². The first kappa shape index (κ1) is 21.2. The zero-order valence-corrected chi connectivity index (χ0v) is 16.0. The molecule has 3 N–H and O–H groups in total. The second-order valence-electron chi connectivity index (χ2n) is 6.22. The van der Waals surface area contributed by atoms with Gasteiger partial charge in [0, 0.05) is 11.8 Å². The maximum Gasteiger partial charge on any atom is 0.343 e. The average molecular weight is 422 g/mol. The monoisotopic (exact) mass is 422 g/mol. The fraction of sp³-hybridized carbons (Fsp3) is 0.200. The van der Waals surface area contributed by atoms with Crippen LogP contribution in [0.15, 0.2) is 29.2 Å². The number of carbonyl (C=O) groups excluding carboxylic acids is 1. The summed E-state index contributed by atoms with van der Waals surface area (Å²) in [5, 5.41) is 9.28. The maximum absolute atomic E-state index is 14.4. The van der Waals surface area contributed by atoms with E-state index in [1.54, 1.807) is 0 Å². The van der Waals surface area contributed by atoms with E-state index in [1.165, 1.54) is 6.92 Å². The first-order valence-corrected chi connectivity index (χ1v) is 8.72. The van der Waals surface area contributed by atoms with Gasteiger partial charge in [0.05, 0.1) is 37.1 Å². The third-order valence-corrected chi connectivity index (χ3v) is 4.47. The molecule has 3 rings (SSSR count). The molecular formula is C20H17F3N2O5. The van der Waals surface area contributed by atoms with Crippen molar-refractivity contribution >= 4 is 22.6 Å². The van der Waals surface area contributed by atoms with Crippen molar-refractivity contribution in [2.75, 3.05) is 19.5 Å². The van der Waals surface area contributed by atoms with Crippen molar-refractivity contribution in [1.82, 2.24) is 4.57 Å². The Morgan fingerprint density at radius 3 is 2.50 bits per heavy atom. The van der Waals surface area contributed by atoms with Crippen molar-refractivity contribution in [1.29, 1.82) is 0 Å². The number of nitrogen functional groups attached to an aromatic ring is 1. The number of carbonyl (C=O) groups is 1. The lowest BCUT2D eigenvalue weighted by Crippen LogP contribution is -2.22. The number of nitrogens with two attached hydrogens (primary N) is 1. The van der Waals surface area contributed by atoms with E-state index in [0.717, 1.165) is 30.0 Å². The number of nitrogens with zero attached hydrogens (tertiary/aromatic N) is 1. The van der Waals surface area contributed by atoms with Crippen molar-refractivity contribution < 1.29 is 32.5 Å². The fourth-order valence-corrected chi connectivity index (χ4v) is 3.10. The second kappa shape index (κ2) is 8.07. The molecule has 158 valence electrons. The van der Waals surface area contributed by atoms with Gasteiger partial charge in [-0.2, -0.15) is 4.39 Å². The van der Waals surface area contributed by atoms with Crippen LogP contribution in [0.2, 0.25) is 0 Å². The minimum Gasteiger partial charge on any atom is -0.491 e. The van der Waals surface area contributed by atoms with Crippen molar-refractivity contribution in [3.63, 3.8) is 0 Å². The molecule has 1 aromatic heterocycles. The van der Waals surface area contributed by atoms with Crippen LogP contribution in [0.5, 0.6) is 5.75 Å². The minimum atomic E-state index is -1.37. The molecule has 0 aliphatic carbocycles. The number of benzene rings is 2. The van der Waals surface area contributed by atoms with Crippen molar-refractivity contribution in [2.45, 2.75) is 13.5 Å². The Hall–Kier alpha value is -3.53. The summed E-state index contributed by atoms with van der Waals surface area (Å²) in [5.41, 5.74) is 3.72. The zero-order chi connectivity index (χ0) is 22.2. The van der Waals surface area contributed by atoms with Gasteiger partial charge in [0.25, 0.3) is 0 Å². The van der Waals surface area contributed by atoms with Gasteiger partial charge >= 0.3 is 5.97 Å². The first-order chi connectivity index (χ1) is 14.2. The number of pyridine rings is 1. The van der Waals surface area contributed by atoms with Gasteiger partial charge in [-0.1, -0.05) is 0 Å². The van der Waals surface area contributed by atoms with Gasteiger partial charge in [-0.3, -0.25) is 4.79 Å². The lowest BCUT2D eigenvalue weighted by atomic mass is 10.1. The first-order valence-electron chi connectivity index (χ1n) is 8.72. The molecule has 0 atom stereocenters. The van der Waals surface area contributed by atoms with Gasteiger partial charge in [0.1, 0.15) is 16.9 Å². The van der Waals surface area contributed by atoms with E-state index in [0.29, 0.717) is 6.07 Å². The molecule has 0 aliphatic rings. The summed E-state index contributed by atoms with van der Waals surface area (Å²) >= 11 is 0. The number of aliphatic hydroxyl groups is 1. The number of methoxy groups -OCH3 is 1. The van der Waals surface area contributed by atoms with Crippen LogP contribution < -0.4 is 15.9 Å². The summed E-state index contributed by atoms with van der Waals surface area (Å²) in [4.78, 5) is 25.1. The molecule has 0 fully saturated rings. The quantitative estimate of drug-likeness (QED) is 0.484. The summed E-state index contributed by atoms with van der Waals surface area (Å²) in [7, 11) is 1.07. The van der Waals surface area contributed by atoms with E-state index in [1.807, 2.05) is 0 Å². The highest BCUT2D eigenvalue weighted by atomic mass is 19.2. The number of aliphatic hydroxyl groups excluding tert-OH is 1. The van der Waals surface area contributed by atoms with Gasteiger partial charge in [0.15, 0.2) is 11.6 Å². The van der Waals surface area contributed by atoms with Gasteiger partial charge in [-0.05, 0) is 25.1 Å². The molecule has 0 radical (unpaired) electrons. The van der Waals surface area contributed by atoms with Gasteiger partial charge in [0.2, 0.25) is 11.2 Å². The van der Waals surface area contributed by atoms with Crippen LogP contribution in [0.1, 0.15) is 22.8 Å². The molecule has 30 heavy (non-hydrogen) atoms. The highest BCUT2D eigenvalue weighted by molar-refractivity contribution is 5.96. The topological polar surface area (TPSA) is 104 Å². The Morgan fingerprint density at radius 2 is 1.90 bits per heavy atom. The van der Waals surface area contributed by atoms with Crippen LogP contribution >= 0.6 is 0 Å². The summed E-state index contributed by atoms with van der Waals surface area (Å²) in [6.07, 6.45) is 1.02. The normalized spacial score (nSPS) is 11.0. The smallest absolute Gasteiger partial charge is 0.343 e. The van der Waals surface area contributed by atoms with E-state index in [2.05, 4.69) is 0 Å². The lowest BCUT2D eigenvalue weighted by molar-refractivity contribution is 0.0524.